The average molecular weight is 313 g/mol. The monoisotopic (exact) mass is 313 g/mol. The Hall–Kier alpha value is -2.70. The molecule has 2 aromatic heterocycles. The second-order valence-electron chi connectivity index (χ2n) is 5.60. The maximum Gasteiger partial charge on any atom is 0.255 e. The third kappa shape index (κ3) is 2.94. The third-order valence-electron chi connectivity index (χ3n) is 4.10. The molecular formula is C16H19N5O2. The quantitative estimate of drug-likeness (QED) is 0.921. The van der Waals surface area contributed by atoms with Gasteiger partial charge < -0.3 is 14.8 Å². The summed E-state index contributed by atoms with van der Waals surface area (Å²) in [6.45, 7) is 0.678. The molecule has 3 rings (SSSR count). The van der Waals surface area contributed by atoms with E-state index in [-0.39, 0.29) is 17.5 Å². The summed E-state index contributed by atoms with van der Waals surface area (Å²) < 4.78 is 1.42. The van der Waals surface area contributed by atoms with Crippen LogP contribution in [0.4, 0.5) is 5.82 Å². The summed E-state index contributed by atoms with van der Waals surface area (Å²) in [6, 6.07) is 2.91. The van der Waals surface area contributed by atoms with E-state index < -0.39 is 0 Å². The Balaban J connectivity index is 1.89. The predicted molar refractivity (Wildman–Crippen MR) is 86.3 cm³/mol. The Labute approximate surface area is 134 Å². The lowest BCUT2D eigenvalue weighted by molar-refractivity contribution is 0.0732. The van der Waals surface area contributed by atoms with Crippen molar-refractivity contribution >= 4 is 11.7 Å². The molecule has 1 atom stereocenters. The van der Waals surface area contributed by atoms with E-state index in [0.29, 0.717) is 17.9 Å². The smallest absolute Gasteiger partial charge is 0.255 e. The molecule has 7 nitrogen and oxygen atoms in total. The number of hydrogen-bond donors (Lipinski definition) is 1. The lowest BCUT2D eigenvalue weighted by Crippen LogP contribution is -2.32. The molecule has 0 aliphatic carbocycles. The van der Waals surface area contributed by atoms with Gasteiger partial charge in [-0.1, -0.05) is 0 Å². The summed E-state index contributed by atoms with van der Waals surface area (Å²) in [4.78, 5) is 34.8. The summed E-state index contributed by atoms with van der Waals surface area (Å²) in [5.41, 5.74) is 1.16. The standard InChI is InChI=1S/C16H19N5O2/c1-17-14-9-18-8-12(19-14)13-4-3-7-21(13)16(23)11-5-6-15(22)20(2)10-11/h5-6,8-10,13H,3-4,7H2,1-2H3,(H,17,19). The van der Waals surface area contributed by atoms with Crippen LogP contribution in [0.5, 0.6) is 0 Å². The molecule has 1 saturated heterocycles. The van der Waals surface area contributed by atoms with Crippen LogP contribution in [0.3, 0.4) is 0 Å². The SMILES string of the molecule is CNc1cncc(C2CCCN2C(=O)c2ccc(=O)n(C)c2)n1. The van der Waals surface area contributed by atoms with Gasteiger partial charge in [-0.05, 0) is 18.9 Å². The van der Waals surface area contributed by atoms with E-state index in [4.69, 9.17) is 0 Å². The first-order valence-electron chi connectivity index (χ1n) is 7.57. The highest BCUT2D eigenvalue weighted by molar-refractivity contribution is 5.94. The van der Waals surface area contributed by atoms with E-state index in [2.05, 4.69) is 15.3 Å². The number of nitrogens with one attached hydrogen (secondary N) is 1. The van der Waals surface area contributed by atoms with Crippen LogP contribution in [0.25, 0.3) is 0 Å². The predicted octanol–water partition coefficient (Wildman–Crippen LogP) is 1.19. The molecule has 120 valence electrons. The minimum absolute atomic E-state index is 0.0828. The fourth-order valence-electron chi connectivity index (χ4n) is 2.87. The average Bonchev–Trinajstić information content (AvgIpc) is 3.06. The van der Waals surface area contributed by atoms with Crippen molar-refractivity contribution < 1.29 is 4.79 Å². The zero-order valence-corrected chi connectivity index (χ0v) is 13.2. The van der Waals surface area contributed by atoms with Crippen molar-refractivity contribution in [2.45, 2.75) is 18.9 Å². The third-order valence-corrected chi connectivity index (χ3v) is 4.10. The molecule has 3 heterocycles. The summed E-state index contributed by atoms with van der Waals surface area (Å²) >= 11 is 0. The maximum absolute atomic E-state index is 12.8. The second kappa shape index (κ2) is 6.20. The van der Waals surface area contributed by atoms with Crippen molar-refractivity contribution in [2.24, 2.45) is 7.05 Å². The molecule has 1 aliphatic rings. The van der Waals surface area contributed by atoms with Gasteiger partial charge in [-0.2, -0.15) is 0 Å². The highest BCUT2D eigenvalue weighted by Gasteiger charge is 2.32. The number of amides is 1. The Morgan fingerprint density at radius 1 is 1.35 bits per heavy atom. The highest BCUT2D eigenvalue weighted by atomic mass is 16.2. The lowest BCUT2D eigenvalue weighted by Gasteiger charge is -2.24. The van der Waals surface area contributed by atoms with Crippen LogP contribution in [0, 0.1) is 0 Å². The Bertz CT molecular complexity index is 786. The summed E-state index contributed by atoms with van der Waals surface area (Å²) in [5.74, 6) is 0.601. The second-order valence-corrected chi connectivity index (χ2v) is 5.60. The number of pyridine rings is 1. The fourth-order valence-corrected chi connectivity index (χ4v) is 2.87. The van der Waals surface area contributed by atoms with Gasteiger partial charge in [-0.3, -0.25) is 14.6 Å². The van der Waals surface area contributed by atoms with Gasteiger partial charge in [-0.25, -0.2) is 4.98 Å². The number of anilines is 1. The van der Waals surface area contributed by atoms with Crippen molar-refractivity contribution in [3.05, 3.63) is 52.3 Å². The number of carbonyl (C=O) groups is 1. The fraction of sp³-hybridized carbons (Fsp3) is 0.375. The molecule has 0 radical (unpaired) electrons. The van der Waals surface area contributed by atoms with Crippen LogP contribution in [0.1, 0.15) is 34.9 Å². The first-order chi connectivity index (χ1) is 11.1. The van der Waals surface area contributed by atoms with Gasteiger partial charge in [-0.15, -0.1) is 0 Å². The van der Waals surface area contributed by atoms with Crippen LogP contribution in [0.2, 0.25) is 0 Å². The van der Waals surface area contributed by atoms with Crippen LogP contribution in [-0.4, -0.2) is 38.9 Å². The molecule has 1 N–H and O–H groups in total. The topological polar surface area (TPSA) is 80.1 Å². The van der Waals surface area contributed by atoms with E-state index in [9.17, 15) is 9.59 Å². The van der Waals surface area contributed by atoms with E-state index in [1.807, 2.05) is 4.90 Å². The molecule has 0 aromatic carbocycles. The van der Waals surface area contributed by atoms with Gasteiger partial charge >= 0.3 is 0 Å². The maximum atomic E-state index is 12.8. The molecule has 23 heavy (non-hydrogen) atoms. The van der Waals surface area contributed by atoms with Crippen LogP contribution in [0.15, 0.2) is 35.5 Å². The van der Waals surface area contributed by atoms with Crippen molar-refractivity contribution in [2.75, 3.05) is 18.9 Å². The number of aromatic nitrogens is 3. The van der Waals surface area contributed by atoms with Gasteiger partial charge in [0.1, 0.15) is 5.82 Å². The van der Waals surface area contributed by atoms with Crippen LogP contribution in [-0.2, 0) is 7.05 Å². The molecule has 1 aliphatic heterocycles. The van der Waals surface area contributed by atoms with Crippen molar-refractivity contribution in [1.82, 2.24) is 19.4 Å². The van der Waals surface area contributed by atoms with Crippen LogP contribution < -0.4 is 10.9 Å². The molecule has 0 saturated carbocycles. The molecule has 7 heteroatoms. The number of hydrogen-bond acceptors (Lipinski definition) is 5. The minimum atomic E-state index is -0.132. The van der Waals surface area contributed by atoms with E-state index in [0.717, 1.165) is 18.5 Å². The largest absolute Gasteiger partial charge is 0.372 e. The normalized spacial score (nSPS) is 17.3. The van der Waals surface area contributed by atoms with Crippen molar-refractivity contribution in [3.8, 4) is 0 Å². The van der Waals surface area contributed by atoms with E-state index in [1.165, 1.54) is 10.6 Å². The number of aryl methyl sites for hydroxylation is 1. The molecule has 0 spiro atoms. The molecule has 1 fully saturated rings. The number of rotatable bonds is 3. The van der Waals surface area contributed by atoms with Gasteiger partial charge in [0, 0.05) is 32.9 Å². The van der Waals surface area contributed by atoms with Crippen molar-refractivity contribution in [1.29, 1.82) is 0 Å². The molecule has 1 amide bonds. The lowest BCUT2D eigenvalue weighted by atomic mass is 10.1. The van der Waals surface area contributed by atoms with Crippen LogP contribution >= 0.6 is 0 Å². The molecule has 0 bridgehead atoms. The molecule has 2 aromatic rings. The van der Waals surface area contributed by atoms with Crippen molar-refractivity contribution in [3.63, 3.8) is 0 Å². The summed E-state index contributed by atoms with van der Waals surface area (Å²) in [7, 11) is 3.43. The zero-order valence-electron chi connectivity index (χ0n) is 13.2. The first-order valence-corrected chi connectivity index (χ1v) is 7.57. The molecule has 1 unspecified atom stereocenters. The Morgan fingerprint density at radius 2 is 2.17 bits per heavy atom. The Kier molecular flexibility index (Phi) is 4.10. The number of nitrogens with zero attached hydrogens (tertiary/aromatic N) is 4. The highest BCUT2D eigenvalue weighted by Crippen LogP contribution is 2.32. The van der Waals surface area contributed by atoms with Gasteiger partial charge in [0.25, 0.3) is 5.91 Å². The Morgan fingerprint density at radius 3 is 2.91 bits per heavy atom. The van der Waals surface area contributed by atoms with E-state index in [1.54, 1.807) is 38.8 Å². The number of likely N-dealkylation sites (tertiary alicyclic amines) is 1. The minimum Gasteiger partial charge on any atom is -0.372 e. The van der Waals surface area contributed by atoms with Gasteiger partial charge in [0.15, 0.2) is 0 Å². The van der Waals surface area contributed by atoms with Gasteiger partial charge in [0.05, 0.1) is 29.7 Å². The zero-order chi connectivity index (χ0) is 16.4. The first kappa shape index (κ1) is 15.2. The van der Waals surface area contributed by atoms with E-state index >= 15 is 0 Å². The summed E-state index contributed by atoms with van der Waals surface area (Å²) in [5, 5.41) is 2.97. The summed E-state index contributed by atoms with van der Waals surface area (Å²) in [6.07, 6.45) is 6.72. The number of carbonyl (C=O) groups excluding carboxylic acids is 1. The van der Waals surface area contributed by atoms with Gasteiger partial charge in [0.2, 0.25) is 5.56 Å². The molecular weight excluding hydrogens is 294 g/mol.